The SMILES string of the molecule is CC[C@@H](C)n1c(=O)c2ccccc2n(CC(=O)Nc2ccc(F)c(Cl)c2)c1=O. The Kier molecular flexibility index (Phi) is 5.65. The number of amides is 1. The van der Waals surface area contributed by atoms with Gasteiger partial charge in [0.1, 0.15) is 12.4 Å². The molecule has 3 aromatic rings. The molecule has 3 rings (SSSR count). The Morgan fingerprint density at radius 3 is 2.61 bits per heavy atom. The van der Waals surface area contributed by atoms with Gasteiger partial charge in [-0.2, -0.15) is 0 Å². The van der Waals surface area contributed by atoms with Crippen LogP contribution in [-0.2, 0) is 11.3 Å². The van der Waals surface area contributed by atoms with E-state index in [0.717, 1.165) is 6.07 Å². The molecule has 1 N–H and O–H groups in total. The summed E-state index contributed by atoms with van der Waals surface area (Å²) in [5.41, 5.74) is -0.240. The fourth-order valence-electron chi connectivity index (χ4n) is 2.98. The molecule has 6 nitrogen and oxygen atoms in total. The molecule has 8 heteroatoms. The van der Waals surface area contributed by atoms with E-state index in [1.165, 1.54) is 21.3 Å². The van der Waals surface area contributed by atoms with Gasteiger partial charge in [-0.15, -0.1) is 0 Å². The van der Waals surface area contributed by atoms with Crippen molar-refractivity contribution in [1.82, 2.24) is 9.13 Å². The van der Waals surface area contributed by atoms with Crippen LogP contribution in [0.4, 0.5) is 10.1 Å². The first-order chi connectivity index (χ1) is 13.3. The van der Waals surface area contributed by atoms with E-state index in [4.69, 9.17) is 11.6 Å². The molecule has 146 valence electrons. The molecule has 0 bridgehead atoms. The Balaban J connectivity index is 2.04. The number of aromatic nitrogens is 2. The zero-order valence-electron chi connectivity index (χ0n) is 15.4. The zero-order valence-corrected chi connectivity index (χ0v) is 16.2. The molecule has 0 fully saturated rings. The maximum atomic E-state index is 13.3. The number of carbonyl (C=O) groups excluding carboxylic acids is 1. The zero-order chi connectivity index (χ0) is 20.4. The van der Waals surface area contributed by atoms with Gasteiger partial charge >= 0.3 is 5.69 Å². The average Bonchev–Trinajstić information content (AvgIpc) is 2.68. The number of nitrogens with one attached hydrogen (secondary N) is 1. The number of hydrogen-bond acceptors (Lipinski definition) is 3. The van der Waals surface area contributed by atoms with Crippen molar-refractivity contribution in [1.29, 1.82) is 0 Å². The highest BCUT2D eigenvalue weighted by Gasteiger charge is 2.18. The first-order valence-electron chi connectivity index (χ1n) is 8.82. The highest BCUT2D eigenvalue weighted by molar-refractivity contribution is 6.31. The molecule has 0 aliphatic carbocycles. The Morgan fingerprint density at radius 1 is 1.21 bits per heavy atom. The van der Waals surface area contributed by atoms with E-state index in [-0.39, 0.29) is 23.2 Å². The van der Waals surface area contributed by atoms with Crippen LogP contribution in [0.1, 0.15) is 26.3 Å². The van der Waals surface area contributed by atoms with Crippen LogP contribution in [0.3, 0.4) is 0 Å². The van der Waals surface area contributed by atoms with Gasteiger partial charge < -0.3 is 5.32 Å². The monoisotopic (exact) mass is 403 g/mol. The second kappa shape index (κ2) is 7.98. The van der Waals surface area contributed by atoms with Crippen LogP contribution in [-0.4, -0.2) is 15.0 Å². The summed E-state index contributed by atoms with van der Waals surface area (Å²) in [6.45, 7) is 3.36. The fourth-order valence-corrected chi connectivity index (χ4v) is 3.16. The van der Waals surface area contributed by atoms with Crippen molar-refractivity contribution in [3.63, 3.8) is 0 Å². The second-order valence-electron chi connectivity index (χ2n) is 6.50. The lowest BCUT2D eigenvalue weighted by Gasteiger charge is -2.17. The maximum Gasteiger partial charge on any atom is 0.332 e. The number of nitrogens with zero attached hydrogens (tertiary/aromatic N) is 2. The number of rotatable bonds is 5. The Morgan fingerprint density at radius 2 is 1.93 bits per heavy atom. The van der Waals surface area contributed by atoms with Crippen LogP contribution in [0.15, 0.2) is 52.1 Å². The Bertz CT molecular complexity index is 1170. The van der Waals surface area contributed by atoms with Crippen molar-refractivity contribution in [2.75, 3.05) is 5.32 Å². The van der Waals surface area contributed by atoms with Crippen LogP contribution in [0, 0.1) is 5.82 Å². The van der Waals surface area contributed by atoms with Gasteiger partial charge in [0, 0.05) is 11.7 Å². The van der Waals surface area contributed by atoms with Crippen molar-refractivity contribution < 1.29 is 9.18 Å². The highest BCUT2D eigenvalue weighted by atomic mass is 35.5. The number of benzene rings is 2. The summed E-state index contributed by atoms with van der Waals surface area (Å²) in [4.78, 5) is 38.2. The molecule has 0 aliphatic heterocycles. The first kappa shape index (κ1) is 19.8. The Hall–Kier alpha value is -2.93. The molecule has 1 atom stereocenters. The van der Waals surface area contributed by atoms with Crippen molar-refractivity contribution >= 4 is 34.1 Å². The van der Waals surface area contributed by atoms with E-state index < -0.39 is 17.4 Å². The molecule has 1 heterocycles. The number of hydrogen-bond donors (Lipinski definition) is 1. The largest absolute Gasteiger partial charge is 0.332 e. The average molecular weight is 404 g/mol. The van der Waals surface area contributed by atoms with Gasteiger partial charge in [0.25, 0.3) is 5.56 Å². The molecular weight excluding hydrogens is 385 g/mol. The quantitative estimate of drug-likeness (QED) is 0.707. The van der Waals surface area contributed by atoms with Gasteiger partial charge in [-0.3, -0.25) is 18.7 Å². The summed E-state index contributed by atoms with van der Waals surface area (Å²) in [5, 5.41) is 2.83. The lowest BCUT2D eigenvalue weighted by atomic mass is 10.2. The van der Waals surface area contributed by atoms with Gasteiger partial charge in [-0.05, 0) is 43.7 Å². The molecule has 1 aromatic heterocycles. The van der Waals surface area contributed by atoms with Crippen LogP contribution < -0.4 is 16.6 Å². The van der Waals surface area contributed by atoms with E-state index in [1.54, 1.807) is 31.2 Å². The first-order valence-corrected chi connectivity index (χ1v) is 9.20. The van der Waals surface area contributed by atoms with Gasteiger partial charge in [0.15, 0.2) is 0 Å². The second-order valence-corrected chi connectivity index (χ2v) is 6.90. The lowest BCUT2D eigenvalue weighted by molar-refractivity contribution is -0.116. The minimum Gasteiger partial charge on any atom is -0.324 e. The molecule has 0 spiro atoms. The predicted octanol–water partition coefficient (Wildman–Crippen LogP) is 3.57. The summed E-state index contributed by atoms with van der Waals surface area (Å²) in [6.07, 6.45) is 0.591. The summed E-state index contributed by atoms with van der Waals surface area (Å²) in [6, 6.07) is 10.2. The topological polar surface area (TPSA) is 73.1 Å². The minimum absolute atomic E-state index is 0.120. The summed E-state index contributed by atoms with van der Waals surface area (Å²) < 4.78 is 15.7. The lowest BCUT2D eigenvalue weighted by Crippen LogP contribution is -2.43. The van der Waals surface area contributed by atoms with Crippen molar-refractivity contribution in [3.8, 4) is 0 Å². The molecule has 2 aromatic carbocycles. The van der Waals surface area contributed by atoms with Gasteiger partial charge in [0.2, 0.25) is 5.91 Å². The molecule has 0 radical (unpaired) electrons. The minimum atomic E-state index is -0.595. The van der Waals surface area contributed by atoms with Crippen LogP contribution in [0.2, 0.25) is 5.02 Å². The fraction of sp³-hybridized carbons (Fsp3) is 0.250. The van der Waals surface area contributed by atoms with E-state index in [0.29, 0.717) is 23.0 Å². The highest BCUT2D eigenvalue weighted by Crippen LogP contribution is 2.19. The number of anilines is 1. The summed E-state index contributed by atoms with van der Waals surface area (Å²) in [5.74, 6) is -1.09. The molecule has 0 saturated carbocycles. The smallest absolute Gasteiger partial charge is 0.324 e. The standard InChI is InChI=1S/C20H19ClFN3O3/c1-3-12(2)25-19(27)14-6-4-5-7-17(14)24(20(25)28)11-18(26)23-13-8-9-16(22)15(21)10-13/h4-10,12H,3,11H2,1-2H3,(H,23,26)/t12-/m1/s1. The molecule has 0 saturated heterocycles. The van der Waals surface area contributed by atoms with Gasteiger partial charge in [0.05, 0.1) is 15.9 Å². The molecule has 0 unspecified atom stereocenters. The number of halogens is 2. The van der Waals surface area contributed by atoms with Crippen molar-refractivity contribution in [2.45, 2.75) is 32.9 Å². The van der Waals surface area contributed by atoms with Crippen molar-refractivity contribution in [3.05, 3.63) is 74.1 Å². The third kappa shape index (κ3) is 3.71. The molecule has 0 aliphatic rings. The Labute approximate surface area is 165 Å². The molecule has 28 heavy (non-hydrogen) atoms. The van der Waals surface area contributed by atoms with Crippen LogP contribution in [0.25, 0.3) is 10.9 Å². The normalized spacial score (nSPS) is 12.1. The predicted molar refractivity (Wildman–Crippen MR) is 108 cm³/mol. The van der Waals surface area contributed by atoms with E-state index >= 15 is 0 Å². The summed E-state index contributed by atoms with van der Waals surface area (Å²) >= 11 is 5.73. The third-order valence-electron chi connectivity index (χ3n) is 4.62. The molecule has 1 amide bonds. The van der Waals surface area contributed by atoms with Crippen LogP contribution >= 0.6 is 11.6 Å². The van der Waals surface area contributed by atoms with E-state index in [2.05, 4.69) is 5.32 Å². The number of carbonyl (C=O) groups is 1. The number of para-hydroxylation sites is 1. The van der Waals surface area contributed by atoms with E-state index in [1.807, 2.05) is 6.92 Å². The maximum absolute atomic E-state index is 13.3. The van der Waals surface area contributed by atoms with Gasteiger partial charge in [-0.1, -0.05) is 30.7 Å². The third-order valence-corrected chi connectivity index (χ3v) is 4.91. The van der Waals surface area contributed by atoms with Gasteiger partial charge in [-0.25, -0.2) is 9.18 Å². The van der Waals surface area contributed by atoms with Crippen molar-refractivity contribution in [2.24, 2.45) is 0 Å². The van der Waals surface area contributed by atoms with Crippen LogP contribution in [0.5, 0.6) is 0 Å². The number of fused-ring (bicyclic) bond motifs is 1. The summed E-state index contributed by atoms with van der Waals surface area (Å²) in [7, 11) is 0. The van der Waals surface area contributed by atoms with E-state index in [9.17, 15) is 18.8 Å². The molecular formula is C20H19ClFN3O3.